The third-order valence-corrected chi connectivity index (χ3v) is 20.3. The molecule has 0 N–H and O–H groups in total. The van der Waals surface area contributed by atoms with Crippen LogP contribution in [-0.2, 0) is 0 Å². The molecule has 6 nitrogen and oxygen atoms in total. The molecule has 6 aromatic rings. The Hall–Kier alpha value is -4.93. The molecule has 0 spiro atoms. The van der Waals surface area contributed by atoms with Crippen LogP contribution in [-0.4, -0.2) is 36.7 Å². The summed E-state index contributed by atoms with van der Waals surface area (Å²) in [6.07, 6.45) is 0. The zero-order valence-electron chi connectivity index (χ0n) is 25.4. The highest BCUT2D eigenvalue weighted by Gasteiger charge is 2.76. The van der Waals surface area contributed by atoms with Gasteiger partial charge in [0.05, 0.1) is 0 Å². The molecule has 0 bridgehead atoms. The predicted octanol–water partition coefficient (Wildman–Crippen LogP) is 4.34. The lowest BCUT2D eigenvalue weighted by molar-refractivity contribution is 0.979. The Morgan fingerprint density at radius 1 is 0.386 bits per heavy atom. The molecule has 0 unspecified atom stereocenters. The van der Waals surface area contributed by atoms with Crippen molar-refractivity contribution >= 4 is 49.2 Å². The molecule has 0 atom stereocenters. The zero-order valence-corrected chi connectivity index (χ0v) is 27.4. The van der Waals surface area contributed by atoms with E-state index in [1.54, 1.807) is 0 Å². The molecule has 0 amide bonds. The van der Waals surface area contributed by atoms with Gasteiger partial charge in [-0.05, 0) is 48.4 Å². The minimum Gasteiger partial charge on any atom is -0.363 e. The molecule has 2 aromatic heterocycles. The van der Waals surface area contributed by atoms with E-state index in [1.165, 1.54) is 20.7 Å². The van der Waals surface area contributed by atoms with Gasteiger partial charge in [-0.2, -0.15) is 0 Å². The van der Waals surface area contributed by atoms with Crippen LogP contribution >= 0.6 is 0 Å². The molecule has 3 heterocycles. The molecule has 0 saturated carbocycles. The van der Waals surface area contributed by atoms with E-state index in [2.05, 4.69) is 156 Å². The van der Waals surface area contributed by atoms with E-state index in [9.17, 15) is 0 Å². The van der Waals surface area contributed by atoms with Crippen molar-refractivity contribution in [3.8, 4) is 0 Å². The third-order valence-electron chi connectivity index (χ3n) is 8.36. The lowest BCUT2D eigenvalue weighted by Crippen LogP contribution is -3.07. The van der Waals surface area contributed by atoms with Crippen LogP contribution in [0.1, 0.15) is 23.0 Å². The Kier molecular flexibility index (Phi) is 6.95. The summed E-state index contributed by atoms with van der Waals surface area (Å²) in [6.45, 7) is 8.12. The average molecular weight is 607 g/mol. The van der Waals surface area contributed by atoms with E-state index in [0.29, 0.717) is 0 Å². The smallest absolute Gasteiger partial charge is 0.320 e. The second-order valence-corrected chi connectivity index (χ2v) is 19.0. The summed E-state index contributed by atoms with van der Waals surface area (Å²) in [5, 5.41) is 5.07. The molecule has 0 aliphatic carbocycles. The lowest BCUT2D eigenvalue weighted by Gasteiger charge is -2.71. The van der Waals surface area contributed by atoms with Gasteiger partial charge in [0.15, 0.2) is 0 Å². The van der Waals surface area contributed by atoms with Crippen LogP contribution in [0.3, 0.4) is 0 Å². The Morgan fingerprint density at radius 3 is 0.909 bits per heavy atom. The number of anilines is 2. The van der Waals surface area contributed by atoms with E-state index < -0.39 is 16.8 Å². The highest BCUT2D eigenvalue weighted by Crippen LogP contribution is 2.44. The van der Waals surface area contributed by atoms with Gasteiger partial charge in [-0.3, -0.25) is 0 Å². The van der Waals surface area contributed by atoms with Crippen molar-refractivity contribution in [1.29, 1.82) is 0 Å². The molecule has 1 aliphatic heterocycles. The van der Waals surface area contributed by atoms with Gasteiger partial charge in [-0.15, -0.1) is 0 Å². The largest absolute Gasteiger partial charge is 0.363 e. The molecule has 1 saturated heterocycles. The van der Waals surface area contributed by atoms with Crippen molar-refractivity contribution in [3.63, 3.8) is 0 Å². The van der Waals surface area contributed by atoms with Crippen LogP contribution in [0.25, 0.3) is 0 Å². The fourth-order valence-corrected chi connectivity index (χ4v) is 21.9. The summed E-state index contributed by atoms with van der Waals surface area (Å²) >= 11 is 0. The number of benzene rings is 4. The lowest BCUT2D eigenvalue weighted by atomic mass is 10.4. The third kappa shape index (κ3) is 4.21. The van der Waals surface area contributed by atoms with Crippen LogP contribution < -0.4 is 29.2 Å². The first-order chi connectivity index (χ1) is 21.5. The van der Waals surface area contributed by atoms with Gasteiger partial charge in [0.2, 0.25) is 0 Å². The van der Waals surface area contributed by atoms with Crippen molar-refractivity contribution in [3.05, 3.63) is 156 Å². The maximum Gasteiger partial charge on any atom is 0.320 e. The van der Waals surface area contributed by atoms with Crippen LogP contribution in [0.5, 0.6) is 0 Å². The fraction of sp³-hybridized carbons (Fsp3) is 0.111. The highest BCUT2D eigenvalue weighted by molar-refractivity contribution is 7.38. The van der Waals surface area contributed by atoms with Gasteiger partial charge >= 0.3 is 16.8 Å². The number of aryl methyl sites for hydroxylation is 4. The molecule has 216 valence electrons. The van der Waals surface area contributed by atoms with Gasteiger partial charge in [0, 0.05) is 23.5 Å². The van der Waals surface area contributed by atoms with Crippen molar-refractivity contribution in [2.75, 3.05) is 8.46 Å². The SMILES string of the molecule is Cc1cc(N2[Si](c3ccccc3)(c3ccccc3)N(c3cc(C)nc(C)n3)[Si]2(c2ccccc2)c2ccccc2)nc(C)n1. The summed E-state index contributed by atoms with van der Waals surface area (Å²) in [4.78, 5) is 19.9. The topological polar surface area (TPSA) is 58.0 Å². The minimum atomic E-state index is -3.08. The molecule has 8 heteroatoms. The van der Waals surface area contributed by atoms with Gasteiger partial charge in [-0.25, -0.2) is 19.9 Å². The molecule has 1 fully saturated rings. The number of rotatable bonds is 6. The number of nitrogens with zero attached hydrogens (tertiary/aromatic N) is 6. The summed E-state index contributed by atoms with van der Waals surface area (Å²) in [7, 11) is -6.16. The summed E-state index contributed by atoms with van der Waals surface area (Å²) in [6, 6.07) is 48.3. The van der Waals surface area contributed by atoms with Crippen molar-refractivity contribution < 1.29 is 0 Å². The molecule has 4 aromatic carbocycles. The molecule has 1 aliphatic rings. The second kappa shape index (κ2) is 11.0. The van der Waals surface area contributed by atoms with Gasteiger partial charge in [0.25, 0.3) is 0 Å². The molecular formula is C36H34N6Si2. The number of aromatic nitrogens is 4. The standard InChI is InChI=1S/C36H34N6Si2/c1-27-25-35(39-29(3)37-27)41-43(31-17-9-5-10-18-31,32-19-11-6-12-20-32)42(36-26-28(2)38-30(4)40-36)44(41,33-21-13-7-14-22-33)34-23-15-8-16-24-34/h5-26H,1-4H3. The number of hydrogen-bond donors (Lipinski definition) is 0. The van der Waals surface area contributed by atoms with Crippen LogP contribution in [0.2, 0.25) is 0 Å². The first-order valence-electron chi connectivity index (χ1n) is 14.9. The normalized spacial score (nSPS) is 15.1. The monoisotopic (exact) mass is 606 g/mol. The highest BCUT2D eigenvalue weighted by atomic mass is 28.5. The van der Waals surface area contributed by atoms with Crippen molar-refractivity contribution in [2.45, 2.75) is 27.7 Å². The van der Waals surface area contributed by atoms with E-state index in [1.807, 2.05) is 13.8 Å². The summed E-state index contributed by atoms with van der Waals surface area (Å²) < 4.78 is 5.51. The maximum atomic E-state index is 5.24. The van der Waals surface area contributed by atoms with Gasteiger partial charge < -0.3 is 8.46 Å². The van der Waals surface area contributed by atoms with Gasteiger partial charge in [0.1, 0.15) is 23.3 Å². The van der Waals surface area contributed by atoms with Crippen molar-refractivity contribution in [1.82, 2.24) is 19.9 Å². The summed E-state index contributed by atoms with van der Waals surface area (Å²) in [5.74, 6) is 3.43. The van der Waals surface area contributed by atoms with Crippen molar-refractivity contribution in [2.24, 2.45) is 0 Å². The first-order valence-corrected chi connectivity index (χ1v) is 18.7. The quantitative estimate of drug-likeness (QED) is 0.263. The molecule has 7 rings (SSSR count). The molecular weight excluding hydrogens is 573 g/mol. The van der Waals surface area contributed by atoms with Crippen LogP contribution in [0.15, 0.2) is 133 Å². The minimum absolute atomic E-state index is 0.764. The molecule has 44 heavy (non-hydrogen) atoms. The van der Waals surface area contributed by atoms with E-state index in [-0.39, 0.29) is 0 Å². The first kappa shape index (κ1) is 27.9. The zero-order chi connectivity index (χ0) is 30.3. The Labute approximate surface area is 261 Å². The Bertz CT molecular complexity index is 1650. The molecule has 0 radical (unpaired) electrons. The average Bonchev–Trinajstić information content (AvgIpc) is 3.02. The fourth-order valence-electron chi connectivity index (χ4n) is 6.96. The summed E-state index contributed by atoms with van der Waals surface area (Å²) in [5.41, 5.74) is 1.90. The van der Waals surface area contributed by atoms with Crippen LogP contribution in [0, 0.1) is 27.7 Å². The predicted molar refractivity (Wildman–Crippen MR) is 184 cm³/mol. The van der Waals surface area contributed by atoms with E-state index in [0.717, 1.165) is 34.7 Å². The van der Waals surface area contributed by atoms with E-state index >= 15 is 0 Å². The van der Waals surface area contributed by atoms with Crippen LogP contribution in [0.4, 0.5) is 11.6 Å². The Balaban J connectivity index is 1.72. The van der Waals surface area contributed by atoms with Gasteiger partial charge in [-0.1, -0.05) is 121 Å². The van der Waals surface area contributed by atoms with E-state index in [4.69, 9.17) is 19.9 Å². The second-order valence-electron chi connectivity index (χ2n) is 11.3. The maximum absolute atomic E-state index is 5.24. The number of hydrogen-bond acceptors (Lipinski definition) is 6. The Morgan fingerprint density at radius 2 is 0.659 bits per heavy atom.